The predicted molar refractivity (Wildman–Crippen MR) is 81.3 cm³/mol. The normalized spacial score (nSPS) is 21.0. The molecule has 0 radical (unpaired) electrons. The van der Waals surface area contributed by atoms with E-state index in [1.165, 1.54) is 12.1 Å². The fraction of sp³-hybridized carbons (Fsp3) is 0.571. The highest BCUT2D eigenvalue weighted by Gasteiger charge is 2.26. The molecular formula is C14H21ClN2O2S. The van der Waals surface area contributed by atoms with Gasteiger partial charge in [-0.05, 0) is 63.0 Å². The Kier molecular flexibility index (Phi) is 5.43. The Balaban J connectivity index is 2.12. The topological polar surface area (TPSA) is 49.4 Å². The standard InChI is InChI=1S/C14H21ClN2O2S/c1-2-10-17-11-4-3-5-14(17)16-20(18,19)13-8-6-12(15)7-9-13/h6-9,14,16H,2-5,10-11H2,1H3. The molecule has 0 amide bonds. The number of sulfonamides is 1. The van der Waals surface area contributed by atoms with Gasteiger partial charge in [-0.3, -0.25) is 4.90 Å². The van der Waals surface area contributed by atoms with Crippen molar-refractivity contribution in [2.45, 2.75) is 43.7 Å². The first-order valence-corrected chi connectivity index (χ1v) is 8.91. The molecule has 0 bridgehead atoms. The number of nitrogens with one attached hydrogen (secondary N) is 1. The van der Waals surface area contributed by atoms with Crippen LogP contribution in [0.4, 0.5) is 0 Å². The fourth-order valence-corrected chi connectivity index (χ4v) is 3.92. The highest BCUT2D eigenvalue weighted by molar-refractivity contribution is 7.89. The van der Waals surface area contributed by atoms with E-state index in [1.54, 1.807) is 12.1 Å². The van der Waals surface area contributed by atoms with Crippen LogP contribution < -0.4 is 4.72 Å². The maximum atomic E-state index is 12.4. The Morgan fingerprint density at radius 1 is 1.30 bits per heavy atom. The SMILES string of the molecule is CCCN1CCCCC1NS(=O)(=O)c1ccc(Cl)cc1. The lowest BCUT2D eigenvalue weighted by Gasteiger charge is -2.35. The molecule has 1 saturated heterocycles. The number of benzene rings is 1. The monoisotopic (exact) mass is 316 g/mol. The van der Waals surface area contributed by atoms with E-state index < -0.39 is 10.0 Å². The summed E-state index contributed by atoms with van der Waals surface area (Å²) >= 11 is 5.79. The van der Waals surface area contributed by atoms with E-state index >= 15 is 0 Å². The average Bonchev–Trinajstić information content (AvgIpc) is 2.41. The first-order valence-electron chi connectivity index (χ1n) is 7.05. The van der Waals surface area contributed by atoms with Gasteiger partial charge in [-0.2, -0.15) is 4.72 Å². The van der Waals surface area contributed by atoms with E-state index in [4.69, 9.17) is 11.6 Å². The third-order valence-corrected chi connectivity index (χ3v) is 5.27. The molecule has 6 heteroatoms. The summed E-state index contributed by atoms with van der Waals surface area (Å²) in [5.41, 5.74) is 0. The summed E-state index contributed by atoms with van der Waals surface area (Å²) in [4.78, 5) is 2.49. The highest BCUT2D eigenvalue weighted by atomic mass is 35.5. The summed E-state index contributed by atoms with van der Waals surface area (Å²) in [6.07, 6.45) is 4.00. The first-order chi connectivity index (χ1) is 9.53. The maximum absolute atomic E-state index is 12.4. The van der Waals surface area contributed by atoms with E-state index in [-0.39, 0.29) is 11.1 Å². The summed E-state index contributed by atoms with van der Waals surface area (Å²) in [6, 6.07) is 6.27. The van der Waals surface area contributed by atoms with E-state index in [0.29, 0.717) is 5.02 Å². The Morgan fingerprint density at radius 3 is 2.65 bits per heavy atom. The molecule has 0 aliphatic carbocycles. The van der Waals surface area contributed by atoms with Gasteiger partial charge in [-0.1, -0.05) is 18.5 Å². The van der Waals surface area contributed by atoms with Crippen molar-refractivity contribution in [3.63, 3.8) is 0 Å². The highest BCUT2D eigenvalue weighted by Crippen LogP contribution is 2.19. The Bertz CT molecular complexity index is 529. The van der Waals surface area contributed by atoms with Crippen molar-refractivity contribution in [3.8, 4) is 0 Å². The summed E-state index contributed by atoms with van der Waals surface area (Å²) < 4.78 is 27.6. The third kappa shape index (κ3) is 3.95. The van der Waals surface area contributed by atoms with Crippen molar-refractivity contribution in [3.05, 3.63) is 29.3 Å². The van der Waals surface area contributed by atoms with Crippen LogP contribution in [0, 0.1) is 0 Å². The van der Waals surface area contributed by atoms with Gasteiger partial charge in [0.05, 0.1) is 11.1 Å². The van der Waals surface area contributed by atoms with Gasteiger partial charge in [0.15, 0.2) is 0 Å². The number of halogens is 1. The molecule has 1 aromatic rings. The van der Waals surface area contributed by atoms with Crippen LogP contribution in [-0.2, 0) is 10.0 Å². The average molecular weight is 317 g/mol. The summed E-state index contributed by atoms with van der Waals surface area (Å²) in [6.45, 7) is 3.99. The summed E-state index contributed by atoms with van der Waals surface area (Å²) in [5.74, 6) is 0. The van der Waals surface area contributed by atoms with Crippen LogP contribution in [0.25, 0.3) is 0 Å². The quantitative estimate of drug-likeness (QED) is 0.908. The van der Waals surface area contributed by atoms with Gasteiger partial charge in [0, 0.05) is 5.02 Å². The second-order valence-electron chi connectivity index (χ2n) is 5.12. The van der Waals surface area contributed by atoms with Crippen LogP contribution in [0.2, 0.25) is 5.02 Å². The van der Waals surface area contributed by atoms with E-state index in [2.05, 4.69) is 16.5 Å². The molecule has 1 aliphatic rings. The van der Waals surface area contributed by atoms with Crippen LogP contribution in [0.3, 0.4) is 0 Å². The molecule has 1 N–H and O–H groups in total. The van der Waals surface area contributed by atoms with Gasteiger partial charge in [-0.15, -0.1) is 0 Å². The lowest BCUT2D eigenvalue weighted by atomic mass is 10.1. The first kappa shape index (κ1) is 15.8. The zero-order valence-corrected chi connectivity index (χ0v) is 13.3. The lowest BCUT2D eigenvalue weighted by Crippen LogP contribution is -2.50. The molecule has 0 aromatic heterocycles. The van der Waals surface area contributed by atoms with Gasteiger partial charge in [-0.25, -0.2) is 8.42 Å². The molecule has 1 fully saturated rings. The number of likely N-dealkylation sites (tertiary alicyclic amines) is 1. The van der Waals surface area contributed by atoms with Gasteiger partial charge in [0.2, 0.25) is 10.0 Å². The second-order valence-corrected chi connectivity index (χ2v) is 7.27. The van der Waals surface area contributed by atoms with Crippen molar-refractivity contribution in [2.24, 2.45) is 0 Å². The minimum Gasteiger partial charge on any atom is -0.287 e. The second kappa shape index (κ2) is 6.89. The molecule has 1 aromatic carbocycles. The number of rotatable bonds is 5. The molecule has 0 spiro atoms. The smallest absolute Gasteiger partial charge is 0.241 e. The molecule has 1 aliphatic heterocycles. The van der Waals surface area contributed by atoms with Crippen LogP contribution in [0.1, 0.15) is 32.6 Å². The molecule has 0 saturated carbocycles. The molecule has 20 heavy (non-hydrogen) atoms. The molecular weight excluding hydrogens is 296 g/mol. The Labute approximate surface area is 126 Å². The van der Waals surface area contributed by atoms with E-state index in [1.807, 2.05) is 0 Å². The van der Waals surface area contributed by atoms with Crippen LogP contribution in [0.15, 0.2) is 29.2 Å². The molecule has 1 atom stereocenters. The molecule has 1 unspecified atom stereocenters. The fourth-order valence-electron chi connectivity index (χ4n) is 2.54. The van der Waals surface area contributed by atoms with E-state index in [0.717, 1.165) is 38.8 Å². The van der Waals surface area contributed by atoms with Crippen LogP contribution >= 0.6 is 11.6 Å². The van der Waals surface area contributed by atoms with Crippen molar-refractivity contribution in [1.82, 2.24) is 9.62 Å². The minimum absolute atomic E-state index is 0.0932. The van der Waals surface area contributed by atoms with Gasteiger partial charge >= 0.3 is 0 Å². The van der Waals surface area contributed by atoms with Crippen LogP contribution in [-0.4, -0.2) is 32.6 Å². The zero-order chi connectivity index (χ0) is 14.6. The summed E-state index contributed by atoms with van der Waals surface area (Å²) in [7, 11) is -3.48. The number of piperidine rings is 1. The van der Waals surface area contributed by atoms with Crippen molar-refractivity contribution < 1.29 is 8.42 Å². The Hall–Kier alpha value is -0.620. The molecule has 4 nitrogen and oxygen atoms in total. The number of hydrogen-bond acceptors (Lipinski definition) is 3. The maximum Gasteiger partial charge on any atom is 0.241 e. The van der Waals surface area contributed by atoms with Gasteiger partial charge in [0.25, 0.3) is 0 Å². The number of hydrogen-bond donors (Lipinski definition) is 1. The molecule has 112 valence electrons. The molecule has 1 heterocycles. The lowest BCUT2D eigenvalue weighted by molar-refractivity contribution is 0.139. The van der Waals surface area contributed by atoms with Gasteiger partial charge < -0.3 is 0 Å². The van der Waals surface area contributed by atoms with Crippen molar-refractivity contribution >= 4 is 21.6 Å². The third-order valence-electron chi connectivity index (χ3n) is 3.54. The van der Waals surface area contributed by atoms with Crippen molar-refractivity contribution in [1.29, 1.82) is 0 Å². The van der Waals surface area contributed by atoms with E-state index in [9.17, 15) is 8.42 Å². The number of nitrogens with zero attached hydrogens (tertiary/aromatic N) is 1. The van der Waals surface area contributed by atoms with Crippen LogP contribution in [0.5, 0.6) is 0 Å². The molecule has 2 rings (SSSR count). The zero-order valence-electron chi connectivity index (χ0n) is 11.7. The predicted octanol–water partition coefficient (Wildman–Crippen LogP) is 2.84. The Morgan fingerprint density at radius 2 is 2.00 bits per heavy atom. The summed E-state index contributed by atoms with van der Waals surface area (Å²) in [5, 5.41) is 0.536. The minimum atomic E-state index is -3.48. The largest absolute Gasteiger partial charge is 0.287 e. The van der Waals surface area contributed by atoms with Gasteiger partial charge in [0.1, 0.15) is 0 Å². The van der Waals surface area contributed by atoms with Crippen molar-refractivity contribution in [2.75, 3.05) is 13.1 Å².